The topological polar surface area (TPSA) is 64.4 Å². The van der Waals surface area contributed by atoms with Crippen molar-refractivity contribution in [1.82, 2.24) is 13.9 Å². The molecule has 0 saturated carbocycles. The highest BCUT2D eigenvalue weighted by Crippen LogP contribution is 2.32. The standard InChI is InChI=1S/C22H27N3O3S/c1-2-28-17-16-25-21-11-7-6-10-20(21)23-22(25)18-12-14-24(15-13-18)29(26,27)19-8-4-3-5-9-19/h3-11,18H,2,12-17H2,1H3. The van der Waals surface area contributed by atoms with Crippen LogP contribution < -0.4 is 0 Å². The number of fused-ring (bicyclic) bond motifs is 1. The monoisotopic (exact) mass is 413 g/mol. The first-order chi connectivity index (χ1) is 14.1. The molecule has 2 heterocycles. The zero-order valence-electron chi connectivity index (χ0n) is 16.7. The number of piperidine rings is 1. The normalized spacial score (nSPS) is 16.4. The highest BCUT2D eigenvalue weighted by Gasteiger charge is 2.31. The summed E-state index contributed by atoms with van der Waals surface area (Å²) < 4.78 is 35.2. The number of imidazole rings is 1. The summed E-state index contributed by atoms with van der Waals surface area (Å²) in [6.45, 7) is 5.11. The van der Waals surface area contributed by atoms with Crippen LogP contribution in [0.15, 0.2) is 59.5 Å². The molecule has 2 aromatic carbocycles. The highest BCUT2D eigenvalue weighted by molar-refractivity contribution is 7.89. The maximum absolute atomic E-state index is 12.9. The van der Waals surface area contributed by atoms with E-state index in [9.17, 15) is 8.42 Å². The number of benzene rings is 2. The summed E-state index contributed by atoms with van der Waals surface area (Å²) in [5.74, 6) is 1.29. The number of para-hydroxylation sites is 2. The van der Waals surface area contributed by atoms with Crippen LogP contribution in [0.25, 0.3) is 11.0 Å². The second-order valence-electron chi connectivity index (χ2n) is 7.30. The summed E-state index contributed by atoms with van der Waals surface area (Å²) in [4.78, 5) is 5.26. The Bertz CT molecular complexity index is 1060. The average molecular weight is 414 g/mol. The average Bonchev–Trinajstić information content (AvgIpc) is 3.13. The van der Waals surface area contributed by atoms with Crippen LogP contribution >= 0.6 is 0 Å². The van der Waals surface area contributed by atoms with Gasteiger partial charge in [0.25, 0.3) is 0 Å². The molecular formula is C22H27N3O3S. The molecule has 1 saturated heterocycles. The number of hydrogen-bond donors (Lipinski definition) is 0. The van der Waals surface area contributed by atoms with E-state index in [0.717, 1.165) is 36.2 Å². The first kappa shape index (κ1) is 20.1. The van der Waals surface area contributed by atoms with Gasteiger partial charge >= 0.3 is 0 Å². The predicted molar refractivity (Wildman–Crippen MR) is 113 cm³/mol. The zero-order valence-corrected chi connectivity index (χ0v) is 17.5. The number of aromatic nitrogens is 2. The first-order valence-electron chi connectivity index (χ1n) is 10.2. The molecule has 0 bridgehead atoms. The van der Waals surface area contributed by atoms with Crippen LogP contribution in [0.2, 0.25) is 0 Å². The molecule has 0 aliphatic carbocycles. The number of sulfonamides is 1. The van der Waals surface area contributed by atoms with E-state index < -0.39 is 10.0 Å². The SMILES string of the molecule is CCOCCn1c(C2CCN(S(=O)(=O)c3ccccc3)CC2)nc2ccccc21. The Morgan fingerprint density at radius 3 is 2.45 bits per heavy atom. The summed E-state index contributed by atoms with van der Waals surface area (Å²) in [6.07, 6.45) is 1.54. The summed E-state index contributed by atoms with van der Waals surface area (Å²) in [6, 6.07) is 16.8. The van der Waals surface area contributed by atoms with Crippen LogP contribution in [-0.4, -0.2) is 48.6 Å². The Morgan fingerprint density at radius 2 is 1.72 bits per heavy atom. The van der Waals surface area contributed by atoms with Gasteiger partial charge in [0.05, 0.1) is 22.5 Å². The van der Waals surface area contributed by atoms with Crippen molar-refractivity contribution in [3.05, 3.63) is 60.4 Å². The molecule has 0 atom stereocenters. The Morgan fingerprint density at radius 1 is 1.03 bits per heavy atom. The molecule has 6 nitrogen and oxygen atoms in total. The van der Waals surface area contributed by atoms with Gasteiger partial charge < -0.3 is 9.30 Å². The Balaban J connectivity index is 1.54. The Labute approximate surface area is 172 Å². The zero-order chi connectivity index (χ0) is 20.3. The molecule has 1 aliphatic rings. The lowest BCUT2D eigenvalue weighted by molar-refractivity contribution is 0.138. The molecule has 7 heteroatoms. The third-order valence-corrected chi connectivity index (χ3v) is 7.46. The molecule has 0 radical (unpaired) electrons. The van der Waals surface area contributed by atoms with E-state index >= 15 is 0 Å². The molecule has 1 aromatic heterocycles. The number of ether oxygens (including phenoxy) is 1. The molecular weight excluding hydrogens is 386 g/mol. The predicted octanol–water partition coefficient (Wildman–Crippen LogP) is 3.64. The van der Waals surface area contributed by atoms with Crippen molar-refractivity contribution in [2.45, 2.75) is 37.1 Å². The quantitative estimate of drug-likeness (QED) is 0.555. The van der Waals surface area contributed by atoms with Gasteiger partial charge in [0.15, 0.2) is 0 Å². The van der Waals surface area contributed by atoms with Gasteiger partial charge in [-0.25, -0.2) is 13.4 Å². The van der Waals surface area contributed by atoms with Crippen LogP contribution in [0.4, 0.5) is 0 Å². The minimum atomic E-state index is -3.43. The molecule has 0 N–H and O–H groups in total. The van der Waals surface area contributed by atoms with Gasteiger partial charge in [0, 0.05) is 32.2 Å². The Hall–Kier alpha value is -2.22. The number of hydrogen-bond acceptors (Lipinski definition) is 4. The fourth-order valence-electron chi connectivity index (χ4n) is 4.04. The summed E-state index contributed by atoms with van der Waals surface area (Å²) in [5.41, 5.74) is 2.10. The maximum atomic E-state index is 12.9. The van der Waals surface area contributed by atoms with E-state index in [1.807, 2.05) is 31.2 Å². The van der Waals surface area contributed by atoms with E-state index in [4.69, 9.17) is 9.72 Å². The third kappa shape index (κ3) is 4.08. The van der Waals surface area contributed by atoms with Crippen LogP contribution in [0, 0.1) is 0 Å². The van der Waals surface area contributed by atoms with Crippen LogP contribution in [0.1, 0.15) is 31.5 Å². The van der Waals surface area contributed by atoms with Crippen LogP contribution in [0.3, 0.4) is 0 Å². The largest absolute Gasteiger partial charge is 0.380 e. The lowest BCUT2D eigenvalue weighted by Gasteiger charge is -2.31. The van der Waals surface area contributed by atoms with Gasteiger partial charge in [-0.1, -0.05) is 30.3 Å². The van der Waals surface area contributed by atoms with Gasteiger partial charge in [-0.05, 0) is 44.0 Å². The summed E-state index contributed by atoms with van der Waals surface area (Å²) in [5, 5.41) is 0. The minimum absolute atomic E-state index is 0.242. The Kier molecular flexibility index (Phi) is 5.99. The van der Waals surface area contributed by atoms with Crippen molar-refractivity contribution in [1.29, 1.82) is 0 Å². The maximum Gasteiger partial charge on any atom is 0.243 e. The van der Waals surface area contributed by atoms with E-state index in [1.54, 1.807) is 28.6 Å². The second-order valence-corrected chi connectivity index (χ2v) is 9.24. The molecule has 0 amide bonds. The van der Waals surface area contributed by atoms with E-state index in [-0.39, 0.29) is 5.92 Å². The lowest BCUT2D eigenvalue weighted by atomic mass is 9.97. The minimum Gasteiger partial charge on any atom is -0.380 e. The van der Waals surface area contributed by atoms with Crippen molar-refractivity contribution in [3.63, 3.8) is 0 Å². The fraction of sp³-hybridized carbons (Fsp3) is 0.409. The van der Waals surface area contributed by atoms with E-state index in [1.165, 1.54) is 0 Å². The first-order valence-corrected chi connectivity index (χ1v) is 11.6. The van der Waals surface area contributed by atoms with Crippen LogP contribution in [0.5, 0.6) is 0 Å². The number of rotatable bonds is 7. The van der Waals surface area contributed by atoms with E-state index in [0.29, 0.717) is 31.2 Å². The van der Waals surface area contributed by atoms with Crippen molar-refractivity contribution in [2.24, 2.45) is 0 Å². The van der Waals surface area contributed by atoms with Crippen molar-refractivity contribution in [3.8, 4) is 0 Å². The van der Waals surface area contributed by atoms with Crippen molar-refractivity contribution >= 4 is 21.1 Å². The number of nitrogens with zero attached hydrogens (tertiary/aromatic N) is 3. The molecule has 29 heavy (non-hydrogen) atoms. The molecule has 1 aliphatic heterocycles. The van der Waals surface area contributed by atoms with Gasteiger partial charge in [0.1, 0.15) is 5.82 Å². The van der Waals surface area contributed by atoms with Gasteiger partial charge in [-0.2, -0.15) is 4.31 Å². The van der Waals surface area contributed by atoms with Crippen molar-refractivity contribution < 1.29 is 13.2 Å². The second kappa shape index (κ2) is 8.65. The summed E-state index contributed by atoms with van der Waals surface area (Å²) >= 11 is 0. The molecule has 154 valence electrons. The smallest absolute Gasteiger partial charge is 0.243 e. The molecule has 0 unspecified atom stereocenters. The fourth-order valence-corrected chi connectivity index (χ4v) is 5.53. The van der Waals surface area contributed by atoms with E-state index in [2.05, 4.69) is 10.6 Å². The van der Waals surface area contributed by atoms with Gasteiger partial charge in [0.2, 0.25) is 10.0 Å². The van der Waals surface area contributed by atoms with Crippen LogP contribution in [-0.2, 0) is 21.3 Å². The van der Waals surface area contributed by atoms with Crippen molar-refractivity contribution in [2.75, 3.05) is 26.3 Å². The molecule has 3 aromatic rings. The highest BCUT2D eigenvalue weighted by atomic mass is 32.2. The van der Waals surface area contributed by atoms with Gasteiger partial charge in [-0.3, -0.25) is 0 Å². The molecule has 0 spiro atoms. The lowest BCUT2D eigenvalue weighted by Crippen LogP contribution is -2.38. The molecule has 1 fully saturated rings. The third-order valence-electron chi connectivity index (χ3n) is 5.55. The van der Waals surface area contributed by atoms with Gasteiger partial charge in [-0.15, -0.1) is 0 Å². The summed E-state index contributed by atoms with van der Waals surface area (Å²) in [7, 11) is -3.43. The molecule has 4 rings (SSSR count).